The molecule has 9 heteroatoms. The number of carbonyl (C=O) groups excluding carboxylic acids is 1. The number of aryl methyl sites for hydroxylation is 2. The third-order valence-corrected chi connectivity index (χ3v) is 4.66. The minimum absolute atomic E-state index is 0.171. The van der Waals surface area contributed by atoms with Gasteiger partial charge < -0.3 is 4.74 Å². The number of hydrazine groups is 1. The Balaban J connectivity index is 1.78. The third kappa shape index (κ3) is 5.66. The van der Waals surface area contributed by atoms with Gasteiger partial charge in [-0.3, -0.25) is 9.89 Å². The second kappa shape index (κ2) is 8.89. The number of amides is 1. The number of anilines is 1. The smallest absolute Gasteiger partial charge is 0.274 e. The van der Waals surface area contributed by atoms with Gasteiger partial charge in [0.1, 0.15) is 5.75 Å². The van der Waals surface area contributed by atoms with Crippen LogP contribution in [-0.2, 0) is 22.9 Å². The minimum Gasteiger partial charge on any atom is -0.497 e. The largest absolute Gasteiger partial charge is 0.497 e. The molecule has 0 fully saturated rings. The van der Waals surface area contributed by atoms with Gasteiger partial charge >= 0.3 is 0 Å². The second-order valence-electron chi connectivity index (χ2n) is 6.47. The summed E-state index contributed by atoms with van der Waals surface area (Å²) in [5, 5.41) is 7.92. The van der Waals surface area contributed by atoms with Gasteiger partial charge in [0.15, 0.2) is 5.82 Å². The number of hydrogen-bond acceptors (Lipinski definition) is 5. The van der Waals surface area contributed by atoms with Gasteiger partial charge in [-0.05, 0) is 42.7 Å². The van der Waals surface area contributed by atoms with Crippen molar-refractivity contribution < 1.29 is 17.9 Å². The Bertz CT molecular complexity index is 1080. The number of nitrogens with zero attached hydrogens (tertiary/aromatic N) is 2. The van der Waals surface area contributed by atoms with Gasteiger partial charge in [-0.15, -0.1) is 4.83 Å². The average Bonchev–Trinajstić information content (AvgIpc) is 3.19. The number of benzene rings is 2. The fraction of sp³-hybridized carbons (Fsp3) is 0.200. The molecule has 0 radical (unpaired) electrons. The van der Waals surface area contributed by atoms with Crippen LogP contribution < -0.4 is 14.6 Å². The van der Waals surface area contributed by atoms with Gasteiger partial charge in [0, 0.05) is 17.3 Å². The molecule has 1 heterocycles. The van der Waals surface area contributed by atoms with Crippen molar-refractivity contribution in [3.63, 3.8) is 0 Å². The first-order valence-electron chi connectivity index (χ1n) is 8.90. The number of hydrogen-bond donors (Lipinski definition) is 2. The van der Waals surface area contributed by atoms with E-state index in [1.54, 1.807) is 43.5 Å². The lowest BCUT2D eigenvalue weighted by Crippen LogP contribution is -2.46. The van der Waals surface area contributed by atoms with Gasteiger partial charge in [-0.2, -0.15) is 5.10 Å². The van der Waals surface area contributed by atoms with Crippen LogP contribution >= 0.6 is 0 Å². The van der Waals surface area contributed by atoms with Crippen LogP contribution in [0, 0.1) is 0 Å². The molecule has 3 aromatic rings. The molecule has 1 aromatic heterocycles. The molecule has 152 valence electrons. The van der Waals surface area contributed by atoms with Crippen molar-refractivity contribution in [2.24, 2.45) is 0 Å². The highest BCUT2D eigenvalue weighted by Gasteiger charge is 2.23. The summed E-state index contributed by atoms with van der Waals surface area (Å²) < 4.78 is 28.8. The lowest BCUT2D eigenvalue weighted by atomic mass is 10.1. The van der Waals surface area contributed by atoms with Crippen LogP contribution in [0.25, 0.3) is 0 Å². The molecule has 3 rings (SSSR count). The standard InChI is InChI=1S/C20H22N4O4S/c1-28-18-10-6-7-15(13-18)11-12-17-14-19(22-21-17)24(23-29(2,26)27)20(25)16-8-4-3-5-9-16/h3-10,13-14,23H,11-12H2,1-2H3,(H,21,22). The zero-order valence-electron chi connectivity index (χ0n) is 16.1. The molecular formula is C20H22N4O4S. The molecule has 0 bridgehead atoms. The Morgan fingerprint density at radius 3 is 2.55 bits per heavy atom. The van der Waals surface area contributed by atoms with Gasteiger partial charge in [-0.25, -0.2) is 13.4 Å². The summed E-state index contributed by atoms with van der Waals surface area (Å²) in [6.07, 6.45) is 2.34. The maximum absolute atomic E-state index is 12.8. The fourth-order valence-corrected chi connectivity index (χ4v) is 3.28. The zero-order chi connectivity index (χ0) is 20.9. The van der Waals surface area contributed by atoms with Crippen LogP contribution in [0.15, 0.2) is 60.7 Å². The zero-order valence-corrected chi connectivity index (χ0v) is 16.9. The molecule has 0 saturated heterocycles. The molecule has 2 N–H and O–H groups in total. The number of carbonyl (C=O) groups is 1. The van der Waals surface area contributed by atoms with E-state index in [1.165, 1.54) is 0 Å². The molecule has 1 amide bonds. The maximum atomic E-state index is 12.8. The maximum Gasteiger partial charge on any atom is 0.274 e. The van der Waals surface area contributed by atoms with Crippen LogP contribution in [0.4, 0.5) is 5.82 Å². The number of aromatic nitrogens is 2. The predicted molar refractivity (Wildman–Crippen MR) is 110 cm³/mol. The summed E-state index contributed by atoms with van der Waals surface area (Å²) in [6, 6.07) is 17.8. The van der Waals surface area contributed by atoms with Gasteiger partial charge in [0.2, 0.25) is 10.0 Å². The van der Waals surface area contributed by atoms with E-state index < -0.39 is 15.9 Å². The van der Waals surface area contributed by atoms with E-state index in [4.69, 9.17) is 4.74 Å². The topological polar surface area (TPSA) is 104 Å². The van der Waals surface area contributed by atoms with Gasteiger partial charge in [0.05, 0.1) is 13.4 Å². The van der Waals surface area contributed by atoms with E-state index in [9.17, 15) is 13.2 Å². The molecule has 8 nitrogen and oxygen atoms in total. The van der Waals surface area contributed by atoms with Crippen LogP contribution in [0.1, 0.15) is 21.6 Å². The SMILES string of the molecule is COc1cccc(CCc2cc(N(NS(C)(=O)=O)C(=O)c3ccccc3)n[nH]2)c1. The molecule has 0 unspecified atom stereocenters. The normalized spacial score (nSPS) is 11.2. The van der Waals surface area contributed by atoms with Gasteiger partial charge in [0.25, 0.3) is 5.91 Å². The lowest BCUT2D eigenvalue weighted by Gasteiger charge is -2.19. The second-order valence-corrected chi connectivity index (χ2v) is 8.20. The molecule has 0 atom stereocenters. The van der Waals surface area contributed by atoms with E-state index in [0.29, 0.717) is 12.0 Å². The number of H-pyrrole nitrogens is 1. The van der Waals surface area contributed by atoms with E-state index in [1.807, 2.05) is 24.3 Å². The number of nitrogens with one attached hydrogen (secondary N) is 2. The Labute approximate surface area is 169 Å². The molecule has 0 aliphatic heterocycles. The van der Waals surface area contributed by atoms with Crippen molar-refractivity contribution in [3.8, 4) is 5.75 Å². The fourth-order valence-electron chi connectivity index (χ4n) is 2.77. The third-order valence-electron chi connectivity index (χ3n) is 4.14. The van der Waals surface area contributed by atoms with Crippen molar-refractivity contribution in [2.75, 3.05) is 18.4 Å². The highest BCUT2D eigenvalue weighted by molar-refractivity contribution is 7.88. The van der Waals surface area contributed by atoms with Crippen LogP contribution in [0.3, 0.4) is 0 Å². The van der Waals surface area contributed by atoms with Crippen molar-refractivity contribution in [2.45, 2.75) is 12.8 Å². The van der Waals surface area contributed by atoms with E-state index in [-0.39, 0.29) is 5.82 Å². The van der Waals surface area contributed by atoms with Crippen LogP contribution in [0.5, 0.6) is 5.75 Å². The average molecular weight is 414 g/mol. The molecule has 0 aliphatic carbocycles. The number of methoxy groups -OCH3 is 1. The Morgan fingerprint density at radius 1 is 1.10 bits per heavy atom. The monoisotopic (exact) mass is 414 g/mol. The summed E-state index contributed by atoms with van der Waals surface area (Å²) in [4.78, 5) is 15.0. The molecule has 2 aromatic carbocycles. The van der Waals surface area contributed by atoms with Crippen molar-refractivity contribution in [1.82, 2.24) is 15.0 Å². The minimum atomic E-state index is -3.69. The number of ether oxygens (including phenoxy) is 1. The van der Waals surface area contributed by atoms with Crippen molar-refractivity contribution >= 4 is 21.7 Å². The molecule has 29 heavy (non-hydrogen) atoms. The Hall–Kier alpha value is -3.17. The van der Waals surface area contributed by atoms with E-state index in [2.05, 4.69) is 15.0 Å². The summed E-state index contributed by atoms with van der Waals surface area (Å²) in [5.74, 6) is 0.427. The summed E-state index contributed by atoms with van der Waals surface area (Å²) in [7, 11) is -2.07. The quantitative estimate of drug-likeness (QED) is 0.551. The Morgan fingerprint density at radius 2 is 1.86 bits per heavy atom. The Kier molecular flexibility index (Phi) is 6.30. The highest BCUT2D eigenvalue weighted by atomic mass is 32.2. The summed E-state index contributed by atoms with van der Waals surface area (Å²) in [6.45, 7) is 0. The van der Waals surface area contributed by atoms with Crippen LogP contribution in [-0.4, -0.2) is 37.9 Å². The molecule has 0 spiro atoms. The summed E-state index contributed by atoms with van der Waals surface area (Å²) in [5.41, 5.74) is 2.19. The predicted octanol–water partition coefficient (Wildman–Crippen LogP) is 2.31. The lowest BCUT2D eigenvalue weighted by molar-refractivity contribution is 0.0980. The van der Waals surface area contributed by atoms with Crippen molar-refractivity contribution in [3.05, 3.63) is 77.5 Å². The van der Waals surface area contributed by atoms with Crippen molar-refractivity contribution in [1.29, 1.82) is 0 Å². The first-order chi connectivity index (χ1) is 13.9. The molecule has 0 aliphatic rings. The molecular weight excluding hydrogens is 392 g/mol. The number of rotatable bonds is 8. The number of aromatic amines is 1. The van der Waals surface area contributed by atoms with Gasteiger partial charge in [-0.1, -0.05) is 30.3 Å². The van der Waals surface area contributed by atoms with Crippen LogP contribution in [0.2, 0.25) is 0 Å². The van der Waals surface area contributed by atoms with E-state index >= 15 is 0 Å². The highest BCUT2D eigenvalue weighted by Crippen LogP contribution is 2.18. The first-order valence-corrected chi connectivity index (χ1v) is 10.8. The summed E-state index contributed by atoms with van der Waals surface area (Å²) >= 11 is 0. The van der Waals surface area contributed by atoms with E-state index in [0.717, 1.165) is 34.7 Å². The number of sulfonamides is 1. The molecule has 0 saturated carbocycles. The first kappa shape index (κ1) is 20.6.